The maximum absolute atomic E-state index is 2.76. The molecule has 2 unspecified atom stereocenters. The maximum Gasteiger partial charge on any atom is 0.249 e. The number of allylic oxidation sites excluding steroid dienone is 2. The van der Waals surface area contributed by atoms with E-state index in [-0.39, 0.29) is 24.5 Å². The van der Waals surface area contributed by atoms with E-state index in [4.69, 9.17) is 0 Å². The average molecular weight is 1210 g/mol. The van der Waals surface area contributed by atoms with Gasteiger partial charge in [-0.25, -0.2) is 0 Å². The van der Waals surface area contributed by atoms with Gasteiger partial charge in [-0.05, 0) is 165 Å². The van der Waals surface area contributed by atoms with E-state index in [1.807, 2.05) is 23.5 Å². The van der Waals surface area contributed by atoms with Crippen LogP contribution in [0.25, 0.3) is 33.4 Å². The molecule has 0 fully saturated rings. The number of nitrogens with zero attached hydrogens (tertiary/aromatic N) is 4. The molecule has 4 nitrogen and oxygen atoms in total. The fourth-order valence-electron chi connectivity index (χ4n) is 15.1. The molecule has 18 rings (SSSR count). The minimum atomic E-state index is -0.0243. The summed E-state index contributed by atoms with van der Waals surface area (Å²) in [5, 5.41) is 0.0448. The summed E-state index contributed by atoms with van der Waals surface area (Å²) in [7, 11) is 0. The van der Waals surface area contributed by atoms with E-state index in [0.29, 0.717) is 0 Å². The van der Waals surface area contributed by atoms with Gasteiger partial charge in [0.05, 0.1) is 5.69 Å². The monoisotopic (exact) mass is 1210 g/mol. The molecule has 4 heterocycles. The fraction of sp³-hybridized carbons (Fsp3) is 0.0238. The lowest BCUT2D eigenvalue weighted by atomic mass is 9.28. The Kier molecular flexibility index (Phi) is 13.4. The van der Waals surface area contributed by atoms with E-state index < -0.39 is 0 Å². The Labute approximate surface area is 547 Å². The first-order valence-corrected chi connectivity index (χ1v) is 33.5. The molecule has 13 aromatic carbocycles. The third-order valence-electron chi connectivity index (χ3n) is 19.1. The summed E-state index contributed by atoms with van der Waals surface area (Å²) in [6.07, 6.45) is 5.46. The third-order valence-corrected chi connectivity index (χ3v) is 21.5. The SMILES string of the molecule is C1=C2B3c4ccccc4Sc4cc(N(c5ccccc5)c5ccccc5)cc(c43)N(c3ccccc3-c3ccccc3)C2=CC2Sc3cc(N(c4ccc(-c5ccccc5)cc4)c4ccc(-c5ccccc5)cc4)cc4c3B(c3ccccc3N4c3ccccc3)C12. The molecule has 5 aliphatic rings. The molecule has 0 amide bonds. The molecule has 4 aliphatic heterocycles. The summed E-state index contributed by atoms with van der Waals surface area (Å²) in [4.78, 5) is 14.0. The second-order valence-electron chi connectivity index (χ2n) is 24.3. The lowest BCUT2D eigenvalue weighted by molar-refractivity contribution is 0.970. The van der Waals surface area contributed by atoms with Crippen LogP contribution < -0.4 is 41.5 Å². The van der Waals surface area contributed by atoms with Crippen molar-refractivity contribution in [2.24, 2.45) is 0 Å². The molecule has 8 heteroatoms. The largest absolute Gasteiger partial charge is 0.311 e. The number of fused-ring (bicyclic) bond motifs is 8. The van der Waals surface area contributed by atoms with Crippen LogP contribution in [0.1, 0.15) is 0 Å². The van der Waals surface area contributed by atoms with Crippen LogP contribution in [-0.2, 0) is 0 Å². The van der Waals surface area contributed by atoms with Crippen molar-refractivity contribution in [3.05, 3.63) is 351 Å². The van der Waals surface area contributed by atoms with Crippen LogP contribution in [0.2, 0.25) is 5.82 Å². The van der Waals surface area contributed by atoms with E-state index in [1.54, 1.807) is 0 Å². The molecular weight excluding hydrogens is 1150 g/mol. The van der Waals surface area contributed by atoms with Gasteiger partial charge in [0.1, 0.15) is 0 Å². The van der Waals surface area contributed by atoms with Crippen molar-refractivity contribution in [1.29, 1.82) is 0 Å². The van der Waals surface area contributed by atoms with Crippen LogP contribution in [0, 0.1) is 0 Å². The normalized spacial score (nSPS) is 15.3. The quantitative estimate of drug-likeness (QED) is 0.119. The minimum Gasteiger partial charge on any atom is -0.311 e. The highest BCUT2D eigenvalue weighted by molar-refractivity contribution is 8.00. The van der Waals surface area contributed by atoms with E-state index in [1.165, 1.54) is 98.2 Å². The summed E-state index contributed by atoms with van der Waals surface area (Å²) in [5.74, 6) is 0.103. The predicted octanol–water partition coefficient (Wildman–Crippen LogP) is 20.2. The first-order chi connectivity index (χ1) is 45.6. The van der Waals surface area contributed by atoms with Gasteiger partial charge in [-0.1, -0.05) is 248 Å². The van der Waals surface area contributed by atoms with E-state index in [9.17, 15) is 0 Å². The molecule has 2 atom stereocenters. The number of anilines is 11. The van der Waals surface area contributed by atoms with Crippen LogP contribution in [0.3, 0.4) is 0 Å². The molecule has 432 valence electrons. The molecule has 92 heavy (non-hydrogen) atoms. The fourth-order valence-corrected chi connectivity index (χ4v) is 17.7. The van der Waals surface area contributed by atoms with Crippen LogP contribution >= 0.6 is 23.5 Å². The maximum atomic E-state index is 2.76. The zero-order chi connectivity index (χ0) is 60.6. The number of rotatable bonds is 11. The highest BCUT2D eigenvalue weighted by Crippen LogP contribution is 2.56. The van der Waals surface area contributed by atoms with Crippen LogP contribution in [0.5, 0.6) is 0 Å². The number of hydrogen-bond acceptors (Lipinski definition) is 6. The summed E-state index contributed by atoms with van der Waals surface area (Å²) in [6, 6.07) is 121. The van der Waals surface area contributed by atoms with E-state index in [0.717, 1.165) is 45.5 Å². The number of para-hydroxylation sites is 5. The molecule has 13 aromatic rings. The van der Waals surface area contributed by atoms with Crippen LogP contribution in [0.4, 0.5) is 62.6 Å². The highest BCUT2D eigenvalue weighted by Gasteiger charge is 2.52. The second kappa shape index (κ2) is 22.7. The topological polar surface area (TPSA) is 13.0 Å². The molecule has 0 bridgehead atoms. The smallest absolute Gasteiger partial charge is 0.249 e. The molecule has 0 radical (unpaired) electrons. The van der Waals surface area contributed by atoms with Gasteiger partial charge in [-0.15, -0.1) is 11.8 Å². The standard InChI is InChI=1S/C84H58B2N4S2/c1-7-25-57(26-8-1)59-43-47-65(48-44-59)88(66-49-45-60(46-50-66)58-27-9-2-10-28-58)67-51-77-83-82(54-67)92-80-56-76-72(55-73(80)85(83)70-38-20-23-41-75(70)89(77)64-35-17-6-18-36-64)86-71-39-21-24-42-79(71)91-81-53-68(87(62-31-13-4-14-32-62)63-33-15-5-16-34-63)52-78(84(81)86)90(76)74-40-22-19-37-69(74)61-29-11-3-12-30-61/h1-56,73,80H. The Balaban J connectivity index is 0.878. The highest BCUT2D eigenvalue weighted by atomic mass is 32.2. The van der Waals surface area contributed by atoms with Crippen molar-refractivity contribution >= 4 is 121 Å². The molecule has 0 saturated carbocycles. The molecule has 1 aliphatic carbocycles. The van der Waals surface area contributed by atoms with E-state index in [2.05, 4.69) is 359 Å². The lowest BCUT2D eigenvalue weighted by Crippen LogP contribution is -2.59. The van der Waals surface area contributed by atoms with Gasteiger partial charge in [0.15, 0.2) is 0 Å². The average Bonchev–Trinajstić information content (AvgIpc) is 0.706. The predicted molar refractivity (Wildman–Crippen MR) is 392 cm³/mol. The summed E-state index contributed by atoms with van der Waals surface area (Å²) in [6.45, 7) is 0.0149. The Morgan fingerprint density at radius 2 is 0.772 bits per heavy atom. The molecule has 0 spiro atoms. The van der Waals surface area contributed by atoms with Crippen molar-refractivity contribution in [2.75, 3.05) is 19.6 Å². The summed E-state index contributed by atoms with van der Waals surface area (Å²) < 4.78 is 0. The van der Waals surface area contributed by atoms with Crippen LogP contribution in [0.15, 0.2) is 366 Å². The number of thioether (sulfide) groups is 1. The van der Waals surface area contributed by atoms with Gasteiger partial charge >= 0.3 is 0 Å². The Hall–Kier alpha value is -10.6. The molecular formula is C84H58B2N4S2. The first kappa shape index (κ1) is 54.3. The van der Waals surface area contributed by atoms with Crippen molar-refractivity contribution in [2.45, 2.75) is 25.8 Å². The number of benzene rings is 13. The molecule has 0 saturated heterocycles. The zero-order valence-electron chi connectivity index (χ0n) is 50.2. The van der Waals surface area contributed by atoms with Crippen molar-refractivity contribution < 1.29 is 0 Å². The van der Waals surface area contributed by atoms with Gasteiger partial charge in [-0.3, -0.25) is 0 Å². The first-order valence-electron chi connectivity index (χ1n) is 31.8. The van der Waals surface area contributed by atoms with Crippen molar-refractivity contribution in [3.8, 4) is 33.4 Å². The van der Waals surface area contributed by atoms with Crippen LogP contribution in [-0.4, -0.2) is 18.7 Å². The van der Waals surface area contributed by atoms with Gasteiger partial charge in [0.25, 0.3) is 0 Å². The molecule has 0 aromatic heterocycles. The summed E-state index contributed by atoms with van der Waals surface area (Å²) in [5.41, 5.74) is 27.7. The van der Waals surface area contributed by atoms with E-state index >= 15 is 0 Å². The van der Waals surface area contributed by atoms with Crippen molar-refractivity contribution in [3.63, 3.8) is 0 Å². The summed E-state index contributed by atoms with van der Waals surface area (Å²) >= 11 is 3.95. The third kappa shape index (κ3) is 9.19. The lowest BCUT2D eigenvalue weighted by Gasteiger charge is -2.49. The second-order valence-corrected chi connectivity index (χ2v) is 26.6. The Morgan fingerprint density at radius 3 is 1.37 bits per heavy atom. The van der Waals surface area contributed by atoms with Gasteiger partial charge in [-0.2, -0.15) is 0 Å². The zero-order valence-corrected chi connectivity index (χ0v) is 51.9. The minimum absolute atomic E-state index is 0.0243. The van der Waals surface area contributed by atoms with Gasteiger partial charge in [0.2, 0.25) is 13.4 Å². The Bertz CT molecular complexity index is 4890. The van der Waals surface area contributed by atoms with Gasteiger partial charge in [0, 0.05) is 88.1 Å². The Morgan fingerprint density at radius 1 is 0.315 bits per heavy atom. The number of hydrogen-bond donors (Lipinski definition) is 0. The van der Waals surface area contributed by atoms with Crippen molar-refractivity contribution in [1.82, 2.24) is 0 Å². The molecule has 0 N–H and O–H groups in total. The van der Waals surface area contributed by atoms with Gasteiger partial charge < -0.3 is 19.6 Å².